The lowest BCUT2D eigenvalue weighted by atomic mass is 10.1. The molecule has 2 aromatic rings. The van der Waals surface area contributed by atoms with Crippen molar-refractivity contribution >= 4 is 79.3 Å². The largest absolute Gasteiger partial charge is 0.477 e. The number of anilines is 1. The van der Waals surface area contributed by atoms with Gasteiger partial charge in [0, 0.05) is 25.3 Å². The van der Waals surface area contributed by atoms with Crippen molar-refractivity contribution in [2.45, 2.75) is 33.4 Å². The fourth-order valence-corrected chi connectivity index (χ4v) is 5.47. The number of nitrogens with one attached hydrogen (secondary N) is 1. The number of pyridine rings is 1. The Morgan fingerprint density at radius 1 is 1.46 bits per heavy atom. The number of carboxylic acids is 1. The predicted molar refractivity (Wildman–Crippen MR) is 124 cm³/mol. The van der Waals surface area contributed by atoms with E-state index in [2.05, 4.69) is 50.5 Å². The Morgan fingerprint density at radius 3 is 2.75 bits per heavy atom. The predicted octanol–water partition coefficient (Wildman–Crippen LogP) is 3.93. The third kappa shape index (κ3) is 3.21. The molecule has 2 heterocycles. The number of alkyl halides is 2. The summed E-state index contributed by atoms with van der Waals surface area (Å²) in [6.07, 6.45) is 3.00. The zero-order valence-corrected chi connectivity index (χ0v) is 19.9. The van der Waals surface area contributed by atoms with Crippen molar-refractivity contribution in [2.75, 3.05) is 18.0 Å². The summed E-state index contributed by atoms with van der Waals surface area (Å²) in [5.74, 6) is -1.94. The fourth-order valence-electron chi connectivity index (χ4n) is 3.62. The molecule has 10 heteroatoms. The minimum atomic E-state index is -1.33. The van der Waals surface area contributed by atoms with Crippen LogP contribution in [0.1, 0.15) is 30.1 Å². The number of piperazine rings is 1. The van der Waals surface area contributed by atoms with Gasteiger partial charge in [0.1, 0.15) is 11.4 Å². The van der Waals surface area contributed by atoms with Gasteiger partial charge in [0.05, 0.1) is 29.2 Å². The van der Waals surface area contributed by atoms with Crippen molar-refractivity contribution in [3.8, 4) is 0 Å². The Kier molecular flexibility index (Phi) is 5.33. The molecule has 2 atom stereocenters. The molecule has 1 aromatic carbocycles. The van der Waals surface area contributed by atoms with Crippen molar-refractivity contribution in [3.63, 3.8) is 0 Å². The molecule has 6 nitrogen and oxygen atoms in total. The highest BCUT2D eigenvalue weighted by molar-refractivity contribution is 14.1. The van der Waals surface area contributed by atoms with Gasteiger partial charge in [-0.15, -0.1) is 0 Å². The van der Waals surface area contributed by atoms with Crippen LogP contribution in [-0.4, -0.2) is 38.8 Å². The highest BCUT2D eigenvalue weighted by Crippen LogP contribution is 2.52. The summed E-state index contributed by atoms with van der Waals surface area (Å²) in [5, 5.41) is 12.9. The molecule has 1 aliphatic carbocycles. The van der Waals surface area contributed by atoms with Crippen LogP contribution >= 0.6 is 56.8 Å². The van der Waals surface area contributed by atoms with Crippen LogP contribution in [0.15, 0.2) is 17.1 Å². The molecule has 0 spiro atoms. The maximum Gasteiger partial charge on any atom is 0.341 e. The first kappa shape index (κ1) is 20.6. The Bertz CT molecular complexity index is 1060. The van der Waals surface area contributed by atoms with Gasteiger partial charge in [-0.3, -0.25) is 4.79 Å². The Balaban J connectivity index is 2.04. The van der Waals surface area contributed by atoms with Gasteiger partial charge in [-0.2, -0.15) is 0 Å². The zero-order valence-electron chi connectivity index (χ0n) is 14.8. The topological polar surface area (TPSA) is 74.6 Å². The molecule has 2 N–H and O–H groups in total. The standard InChI is InChI=1S/C18H17ClFI2N3O3/c1-8-16(21)24(5-4-23-8)14-11(20)6-9-13(12(14)19)25(18(22)2-3-18)7-10(15(9)26)17(27)28/h6-8,16,23H,2-5H2,1H3,(H,27,28). The molecule has 2 unspecified atom stereocenters. The number of hydrogen-bond acceptors (Lipinski definition) is 4. The first-order valence-corrected chi connectivity index (χ1v) is 11.5. The van der Waals surface area contributed by atoms with Gasteiger partial charge < -0.3 is 19.9 Å². The summed E-state index contributed by atoms with van der Waals surface area (Å²) in [6.45, 7) is 3.29. The summed E-state index contributed by atoms with van der Waals surface area (Å²) in [7, 11) is 0. The van der Waals surface area contributed by atoms with Crippen LogP contribution in [0.4, 0.5) is 10.1 Å². The molecule has 28 heavy (non-hydrogen) atoms. The van der Waals surface area contributed by atoms with E-state index in [0.717, 1.165) is 18.9 Å². The molecule has 2 fully saturated rings. The van der Waals surface area contributed by atoms with Crippen LogP contribution in [0, 0.1) is 5.82 Å². The summed E-state index contributed by atoms with van der Waals surface area (Å²) in [4.78, 5) is 26.2. The molecular weight excluding hydrogens is 614 g/mol. The minimum absolute atomic E-state index is 0.00211. The summed E-state index contributed by atoms with van der Waals surface area (Å²) < 4.78 is 16.5. The quantitative estimate of drug-likeness (QED) is 0.305. The van der Waals surface area contributed by atoms with Gasteiger partial charge in [-0.1, -0.05) is 56.8 Å². The molecular formula is C18H17ClFI2N3O3. The van der Waals surface area contributed by atoms with E-state index in [4.69, 9.17) is 11.6 Å². The maximum absolute atomic E-state index is 15.2. The van der Waals surface area contributed by atoms with E-state index in [1.807, 2.05) is 11.8 Å². The maximum atomic E-state index is 15.2. The number of benzene rings is 1. The molecule has 2 aliphatic rings. The smallest absolute Gasteiger partial charge is 0.341 e. The number of carbonyl (C=O) groups is 1. The Labute approximate surface area is 192 Å². The van der Waals surface area contributed by atoms with Crippen molar-refractivity contribution in [1.82, 2.24) is 9.88 Å². The second-order valence-corrected chi connectivity index (χ2v) is 10.9. The molecule has 4 rings (SSSR count). The minimum Gasteiger partial charge on any atom is -0.477 e. The molecule has 150 valence electrons. The third-order valence-corrected chi connectivity index (χ3v) is 9.01. The van der Waals surface area contributed by atoms with Crippen molar-refractivity contribution in [2.24, 2.45) is 0 Å². The highest BCUT2D eigenvalue weighted by atomic mass is 127. The third-order valence-electron chi connectivity index (χ3n) is 5.30. The first-order chi connectivity index (χ1) is 13.2. The summed E-state index contributed by atoms with van der Waals surface area (Å²) >= 11 is 11.2. The second kappa shape index (κ2) is 7.24. The lowest BCUT2D eigenvalue weighted by molar-refractivity contribution is 0.0695. The van der Waals surface area contributed by atoms with Gasteiger partial charge in [-0.25, -0.2) is 9.18 Å². The number of aromatic carboxylic acids is 1. The summed E-state index contributed by atoms with van der Waals surface area (Å²) in [5.41, 5.74) is -0.429. The van der Waals surface area contributed by atoms with Gasteiger partial charge in [0.2, 0.25) is 5.43 Å². The lowest BCUT2D eigenvalue weighted by Gasteiger charge is -2.39. The molecule has 0 bridgehead atoms. The molecule has 1 aliphatic heterocycles. The number of fused-ring (bicyclic) bond motifs is 1. The normalized spacial score (nSPS) is 23.8. The number of carboxylic acid groups (broad SMARTS) is 1. The van der Waals surface area contributed by atoms with Crippen LogP contribution in [0.5, 0.6) is 0 Å². The lowest BCUT2D eigenvalue weighted by Crippen LogP contribution is -2.54. The van der Waals surface area contributed by atoms with Crippen molar-refractivity contribution in [1.29, 1.82) is 0 Å². The van der Waals surface area contributed by atoms with Crippen LogP contribution in [-0.2, 0) is 3.55 Å². The highest BCUT2D eigenvalue weighted by Gasteiger charge is 2.43. The Morgan fingerprint density at radius 2 is 2.14 bits per heavy atom. The van der Waals surface area contributed by atoms with Gasteiger partial charge in [-0.05, 0) is 25.8 Å². The number of nitrogens with zero attached hydrogens (tertiary/aromatic N) is 2. The van der Waals surface area contributed by atoms with E-state index in [1.54, 1.807) is 4.57 Å². The monoisotopic (exact) mass is 631 g/mol. The number of rotatable bonds is 3. The van der Waals surface area contributed by atoms with Crippen molar-refractivity contribution in [3.05, 3.63) is 38.9 Å². The van der Waals surface area contributed by atoms with Gasteiger partial charge in [0.15, 0.2) is 0 Å². The van der Waals surface area contributed by atoms with E-state index in [-0.39, 0.29) is 35.3 Å². The van der Waals surface area contributed by atoms with E-state index >= 15 is 4.39 Å². The SMILES string of the molecule is CC1NCCN(c2c(F)cc3c(=O)c(C(=O)O)cn(C4(I)CC4)c3c2Cl)C1I. The van der Waals surface area contributed by atoms with Crippen LogP contribution < -0.4 is 15.6 Å². The first-order valence-electron chi connectivity index (χ1n) is 8.80. The van der Waals surface area contributed by atoms with E-state index in [1.165, 1.54) is 6.20 Å². The molecule has 1 saturated heterocycles. The number of hydrogen-bond donors (Lipinski definition) is 2. The average molecular weight is 632 g/mol. The summed E-state index contributed by atoms with van der Waals surface area (Å²) in [6, 6.07) is 1.27. The zero-order chi connectivity index (χ0) is 20.4. The van der Waals surface area contributed by atoms with Gasteiger partial charge in [0.25, 0.3) is 0 Å². The molecule has 0 amide bonds. The molecule has 0 radical (unpaired) electrons. The second-order valence-electron chi connectivity index (χ2n) is 7.19. The fraction of sp³-hybridized carbons (Fsp3) is 0.444. The van der Waals surface area contributed by atoms with E-state index < -0.39 is 17.2 Å². The van der Waals surface area contributed by atoms with Crippen molar-refractivity contribution < 1.29 is 14.3 Å². The molecule has 1 saturated carbocycles. The van der Waals surface area contributed by atoms with Crippen LogP contribution in [0.2, 0.25) is 5.02 Å². The Hall–Kier alpha value is -0.660. The van der Waals surface area contributed by atoms with Crippen LogP contribution in [0.25, 0.3) is 10.9 Å². The van der Waals surface area contributed by atoms with Crippen LogP contribution in [0.3, 0.4) is 0 Å². The van der Waals surface area contributed by atoms with E-state index in [0.29, 0.717) is 18.6 Å². The average Bonchev–Trinajstić information content (AvgIpc) is 3.37. The van der Waals surface area contributed by atoms with Gasteiger partial charge >= 0.3 is 5.97 Å². The van der Waals surface area contributed by atoms with E-state index in [9.17, 15) is 14.7 Å². The number of halogens is 4. The molecule has 1 aromatic heterocycles. The number of aromatic nitrogens is 1.